The molecular weight excluding hydrogens is 337 g/mol. The van der Waals surface area contributed by atoms with Crippen LogP contribution >= 0.6 is 24.8 Å². The van der Waals surface area contributed by atoms with Crippen LogP contribution in [0.2, 0.25) is 0 Å². The van der Waals surface area contributed by atoms with Gasteiger partial charge < -0.3 is 15.0 Å². The zero-order chi connectivity index (χ0) is 14.7. The van der Waals surface area contributed by atoms with Crippen molar-refractivity contribution in [3.63, 3.8) is 0 Å². The van der Waals surface area contributed by atoms with Crippen LogP contribution in [-0.2, 0) is 9.53 Å². The highest BCUT2D eigenvalue weighted by Gasteiger charge is 2.43. The molecule has 0 aromatic rings. The Labute approximate surface area is 152 Å². The van der Waals surface area contributed by atoms with E-state index in [1.807, 2.05) is 0 Å². The minimum Gasteiger partial charge on any atom is -0.379 e. The van der Waals surface area contributed by atoms with Crippen molar-refractivity contribution in [1.29, 1.82) is 0 Å². The fraction of sp³-hybridized carbons (Fsp3) is 0.938. The molecule has 0 radical (unpaired) electrons. The molecule has 0 aromatic carbocycles. The van der Waals surface area contributed by atoms with E-state index >= 15 is 0 Å². The maximum Gasteiger partial charge on any atom is 0.224 e. The van der Waals surface area contributed by atoms with Crippen LogP contribution in [0.4, 0.5) is 0 Å². The Kier molecular flexibility index (Phi) is 8.59. The third kappa shape index (κ3) is 4.73. The SMILES string of the molecule is CC1CNCCN1C(=O)CC1(N2CCOCC2)CCCC1.Cl.Cl. The summed E-state index contributed by atoms with van der Waals surface area (Å²) in [5.41, 5.74) is 0.117. The second-order valence-electron chi connectivity index (χ2n) is 6.85. The first-order valence-electron chi connectivity index (χ1n) is 8.54. The summed E-state index contributed by atoms with van der Waals surface area (Å²) in [4.78, 5) is 17.5. The van der Waals surface area contributed by atoms with Gasteiger partial charge in [0.25, 0.3) is 0 Å². The number of morpholine rings is 1. The molecule has 7 heteroatoms. The molecule has 1 N–H and O–H groups in total. The Bertz CT molecular complexity index is 372. The monoisotopic (exact) mass is 367 g/mol. The standard InChI is InChI=1S/C16H29N3O2.2ClH/c1-14-13-17-6-7-19(14)15(20)12-16(4-2-3-5-16)18-8-10-21-11-9-18;;/h14,17H,2-13H2,1H3;2*1H. The predicted molar refractivity (Wildman–Crippen MR) is 96.7 cm³/mol. The lowest BCUT2D eigenvalue weighted by atomic mass is 9.89. The second-order valence-corrected chi connectivity index (χ2v) is 6.85. The van der Waals surface area contributed by atoms with Crippen molar-refractivity contribution in [2.45, 2.75) is 50.6 Å². The van der Waals surface area contributed by atoms with Crippen molar-refractivity contribution >= 4 is 30.7 Å². The highest BCUT2D eigenvalue weighted by Crippen LogP contribution is 2.39. The molecule has 2 heterocycles. The Balaban J connectivity index is 0.00000132. The molecule has 23 heavy (non-hydrogen) atoms. The number of nitrogens with zero attached hydrogens (tertiary/aromatic N) is 2. The lowest BCUT2D eigenvalue weighted by molar-refractivity contribution is -0.138. The number of piperazine rings is 1. The minimum absolute atomic E-state index is 0. The number of halogens is 2. The van der Waals surface area contributed by atoms with Gasteiger partial charge in [-0.15, -0.1) is 24.8 Å². The van der Waals surface area contributed by atoms with Crippen LogP contribution in [0, 0.1) is 0 Å². The van der Waals surface area contributed by atoms with Gasteiger partial charge in [0.1, 0.15) is 0 Å². The topological polar surface area (TPSA) is 44.8 Å². The number of hydrogen-bond acceptors (Lipinski definition) is 4. The van der Waals surface area contributed by atoms with Gasteiger partial charge in [-0.2, -0.15) is 0 Å². The third-order valence-corrected chi connectivity index (χ3v) is 5.52. The van der Waals surface area contributed by atoms with Crippen LogP contribution in [-0.4, -0.2) is 73.2 Å². The first-order valence-corrected chi connectivity index (χ1v) is 8.54. The molecule has 0 spiro atoms. The van der Waals surface area contributed by atoms with Crippen LogP contribution in [0.1, 0.15) is 39.0 Å². The molecule has 1 unspecified atom stereocenters. The van der Waals surface area contributed by atoms with Gasteiger partial charge in [-0.3, -0.25) is 9.69 Å². The average Bonchev–Trinajstić information content (AvgIpc) is 2.98. The molecule has 5 nitrogen and oxygen atoms in total. The van der Waals surface area contributed by atoms with E-state index in [-0.39, 0.29) is 30.4 Å². The van der Waals surface area contributed by atoms with Gasteiger partial charge in [0, 0.05) is 50.7 Å². The number of ether oxygens (including phenoxy) is 1. The lowest BCUT2D eigenvalue weighted by Gasteiger charge is -2.45. The summed E-state index contributed by atoms with van der Waals surface area (Å²) in [7, 11) is 0. The molecule has 1 atom stereocenters. The predicted octanol–water partition coefficient (Wildman–Crippen LogP) is 1.69. The molecule has 136 valence electrons. The van der Waals surface area contributed by atoms with Crippen LogP contribution < -0.4 is 5.32 Å². The third-order valence-electron chi connectivity index (χ3n) is 5.52. The van der Waals surface area contributed by atoms with Gasteiger partial charge >= 0.3 is 0 Å². The molecule has 0 bridgehead atoms. The Morgan fingerprint density at radius 2 is 1.83 bits per heavy atom. The summed E-state index contributed by atoms with van der Waals surface area (Å²) in [5.74, 6) is 0.359. The molecule has 0 aromatic heterocycles. The van der Waals surface area contributed by atoms with Crippen molar-refractivity contribution in [2.24, 2.45) is 0 Å². The van der Waals surface area contributed by atoms with Crippen molar-refractivity contribution in [3.05, 3.63) is 0 Å². The summed E-state index contributed by atoms with van der Waals surface area (Å²) in [5, 5.41) is 3.37. The van der Waals surface area contributed by atoms with Gasteiger partial charge in [-0.05, 0) is 19.8 Å². The van der Waals surface area contributed by atoms with E-state index in [9.17, 15) is 4.79 Å². The maximum absolute atomic E-state index is 12.9. The van der Waals surface area contributed by atoms with Gasteiger partial charge in [0.05, 0.1) is 13.2 Å². The normalized spacial score (nSPS) is 27.9. The van der Waals surface area contributed by atoms with Crippen LogP contribution in [0.5, 0.6) is 0 Å². The molecule has 3 rings (SSSR count). The molecule has 1 saturated carbocycles. The van der Waals surface area contributed by atoms with Crippen molar-refractivity contribution in [3.8, 4) is 0 Å². The van der Waals surface area contributed by atoms with E-state index in [1.165, 1.54) is 25.7 Å². The van der Waals surface area contributed by atoms with Gasteiger partial charge in [0.2, 0.25) is 5.91 Å². The van der Waals surface area contributed by atoms with E-state index in [0.29, 0.717) is 18.4 Å². The summed E-state index contributed by atoms with van der Waals surface area (Å²) in [6.45, 7) is 8.49. The van der Waals surface area contributed by atoms with E-state index in [1.54, 1.807) is 0 Å². The van der Waals surface area contributed by atoms with Crippen LogP contribution in [0.15, 0.2) is 0 Å². The first-order chi connectivity index (χ1) is 10.2. The van der Waals surface area contributed by atoms with E-state index in [4.69, 9.17) is 4.74 Å². The summed E-state index contributed by atoms with van der Waals surface area (Å²) in [6, 6.07) is 0.328. The Morgan fingerprint density at radius 3 is 2.43 bits per heavy atom. The highest BCUT2D eigenvalue weighted by atomic mass is 35.5. The fourth-order valence-electron chi connectivity index (χ4n) is 4.27. The minimum atomic E-state index is 0. The quantitative estimate of drug-likeness (QED) is 0.824. The molecule has 2 saturated heterocycles. The van der Waals surface area contributed by atoms with Crippen molar-refractivity contribution < 1.29 is 9.53 Å². The molecular formula is C16H31Cl2N3O2. The van der Waals surface area contributed by atoms with Gasteiger partial charge in [-0.1, -0.05) is 12.8 Å². The summed E-state index contributed by atoms with van der Waals surface area (Å²) < 4.78 is 5.50. The summed E-state index contributed by atoms with van der Waals surface area (Å²) >= 11 is 0. The number of carbonyl (C=O) groups is 1. The van der Waals surface area contributed by atoms with Crippen LogP contribution in [0.25, 0.3) is 0 Å². The molecule has 1 amide bonds. The zero-order valence-electron chi connectivity index (χ0n) is 14.1. The zero-order valence-corrected chi connectivity index (χ0v) is 15.7. The Hall–Kier alpha value is -0.0700. The fourth-order valence-corrected chi connectivity index (χ4v) is 4.27. The number of rotatable bonds is 3. The number of amides is 1. The van der Waals surface area contributed by atoms with Gasteiger partial charge in [-0.25, -0.2) is 0 Å². The number of hydrogen-bond donors (Lipinski definition) is 1. The van der Waals surface area contributed by atoms with Gasteiger partial charge in [0.15, 0.2) is 0 Å². The molecule has 3 aliphatic rings. The largest absolute Gasteiger partial charge is 0.379 e. The molecule has 3 fully saturated rings. The maximum atomic E-state index is 12.9. The number of carbonyl (C=O) groups excluding carboxylic acids is 1. The van der Waals surface area contributed by atoms with E-state index in [2.05, 4.69) is 22.0 Å². The summed E-state index contributed by atoms with van der Waals surface area (Å²) in [6.07, 6.45) is 5.60. The van der Waals surface area contributed by atoms with Crippen LogP contribution in [0.3, 0.4) is 0 Å². The highest BCUT2D eigenvalue weighted by molar-refractivity contribution is 5.85. The average molecular weight is 368 g/mol. The van der Waals surface area contributed by atoms with E-state index < -0.39 is 0 Å². The Morgan fingerprint density at radius 1 is 1.17 bits per heavy atom. The smallest absolute Gasteiger partial charge is 0.224 e. The van der Waals surface area contributed by atoms with E-state index in [0.717, 1.165) is 45.9 Å². The molecule has 2 aliphatic heterocycles. The lowest BCUT2D eigenvalue weighted by Crippen LogP contribution is -2.57. The van der Waals surface area contributed by atoms with Crippen molar-refractivity contribution in [2.75, 3.05) is 45.9 Å². The van der Waals surface area contributed by atoms with Crippen molar-refractivity contribution in [1.82, 2.24) is 15.1 Å². The number of nitrogens with one attached hydrogen (secondary N) is 1. The molecule has 1 aliphatic carbocycles. The first kappa shape index (κ1) is 21.0. The second kappa shape index (κ2) is 9.42.